The molecule has 11 nitrogen and oxygen atoms in total. The summed E-state index contributed by atoms with van der Waals surface area (Å²) in [5, 5.41) is 12.3. The minimum atomic E-state index is -0.725. The van der Waals surface area contributed by atoms with Gasteiger partial charge in [-0.05, 0) is 31.4 Å². The standard InChI is InChI=1S/C21H26N6O5/c1-31-13-7-8-14(15(12-13)32-2)17-23-19(26-25-17)22-16(28)6-5-11-27-18(29)21(24-20(27)30)9-3-4-10-21/h7-8,12H,3-6,9-11H2,1-2H3,(H,24,30)(H2,22,23,25,26,28). The van der Waals surface area contributed by atoms with Crippen molar-refractivity contribution in [1.82, 2.24) is 25.4 Å². The van der Waals surface area contributed by atoms with Crippen molar-refractivity contribution < 1.29 is 23.9 Å². The van der Waals surface area contributed by atoms with E-state index in [9.17, 15) is 14.4 Å². The van der Waals surface area contributed by atoms with E-state index in [0.29, 0.717) is 42.1 Å². The highest BCUT2D eigenvalue weighted by molar-refractivity contribution is 6.07. The summed E-state index contributed by atoms with van der Waals surface area (Å²) in [6.07, 6.45) is 3.71. The molecule has 11 heteroatoms. The normalized spacial score (nSPS) is 17.0. The third-order valence-corrected chi connectivity index (χ3v) is 5.89. The van der Waals surface area contributed by atoms with Crippen LogP contribution in [0.2, 0.25) is 0 Å². The number of ether oxygens (including phenoxy) is 2. The molecule has 0 atom stereocenters. The van der Waals surface area contributed by atoms with Crippen LogP contribution < -0.4 is 20.1 Å². The number of aromatic nitrogens is 3. The van der Waals surface area contributed by atoms with Gasteiger partial charge in [0.1, 0.15) is 17.0 Å². The van der Waals surface area contributed by atoms with Gasteiger partial charge >= 0.3 is 6.03 Å². The fourth-order valence-electron chi connectivity index (χ4n) is 4.21. The van der Waals surface area contributed by atoms with Crippen molar-refractivity contribution in [2.45, 2.75) is 44.1 Å². The van der Waals surface area contributed by atoms with E-state index in [2.05, 4.69) is 25.8 Å². The van der Waals surface area contributed by atoms with E-state index in [1.807, 2.05) is 0 Å². The minimum absolute atomic E-state index is 0.125. The molecule has 1 spiro atoms. The molecule has 3 N–H and O–H groups in total. The Hall–Kier alpha value is -3.63. The maximum atomic E-state index is 12.6. The first-order valence-electron chi connectivity index (χ1n) is 10.5. The highest BCUT2D eigenvalue weighted by Gasteiger charge is 2.52. The topological polar surface area (TPSA) is 139 Å². The predicted molar refractivity (Wildman–Crippen MR) is 114 cm³/mol. The van der Waals surface area contributed by atoms with Gasteiger partial charge in [0.15, 0.2) is 5.82 Å². The van der Waals surface area contributed by atoms with E-state index in [1.54, 1.807) is 25.3 Å². The summed E-state index contributed by atoms with van der Waals surface area (Å²) in [6, 6.07) is 4.90. The number of nitrogens with one attached hydrogen (secondary N) is 3. The number of aromatic amines is 1. The lowest BCUT2D eigenvalue weighted by Gasteiger charge is -2.19. The number of urea groups is 1. The maximum Gasteiger partial charge on any atom is 0.325 e. The minimum Gasteiger partial charge on any atom is -0.497 e. The molecule has 0 unspecified atom stereocenters. The largest absolute Gasteiger partial charge is 0.497 e. The van der Waals surface area contributed by atoms with E-state index in [1.165, 1.54) is 12.0 Å². The lowest BCUT2D eigenvalue weighted by molar-refractivity contribution is -0.131. The number of anilines is 1. The van der Waals surface area contributed by atoms with E-state index in [-0.39, 0.29) is 36.8 Å². The molecule has 1 saturated heterocycles. The number of carbonyl (C=O) groups excluding carboxylic acids is 3. The van der Waals surface area contributed by atoms with Crippen molar-refractivity contribution in [2.75, 3.05) is 26.1 Å². The average molecular weight is 442 g/mol. The molecular formula is C21H26N6O5. The van der Waals surface area contributed by atoms with Gasteiger partial charge in [-0.3, -0.25) is 24.9 Å². The van der Waals surface area contributed by atoms with Crippen LogP contribution in [0.25, 0.3) is 11.4 Å². The molecule has 1 aromatic heterocycles. The number of imide groups is 1. The number of amides is 4. The monoisotopic (exact) mass is 442 g/mol. The molecule has 0 bridgehead atoms. The molecule has 2 aromatic rings. The average Bonchev–Trinajstić information content (AvgIpc) is 3.50. The first kappa shape index (κ1) is 21.6. The van der Waals surface area contributed by atoms with Gasteiger partial charge in [-0.1, -0.05) is 12.8 Å². The smallest absolute Gasteiger partial charge is 0.325 e. The van der Waals surface area contributed by atoms with Crippen LogP contribution in [-0.2, 0) is 9.59 Å². The number of rotatable bonds is 8. The van der Waals surface area contributed by atoms with E-state index >= 15 is 0 Å². The molecule has 2 aliphatic rings. The van der Waals surface area contributed by atoms with E-state index in [0.717, 1.165) is 12.8 Å². The zero-order valence-corrected chi connectivity index (χ0v) is 18.1. The van der Waals surface area contributed by atoms with Crippen molar-refractivity contribution in [1.29, 1.82) is 0 Å². The van der Waals surface area contributed by atoms with Crippen LogP contribution in [-0.4, -0.2) is 64.2 Å². The van der Waals surface area contributed by atoms with Crippen LogP contribution in [0.1, 0.15) is 38.5 Å². The van der Waals surface area contributed by atoms with E-state index < -0.39 is 5.54 Å². The molecule has 32 heavy (non-hydrogen) atoms. The first-order chi connectivity index (χ1) is 15.5. The summed E-state index contributed by atoms with van der Waals surface area (Å²) >= 11 is 0. The van der Waals surface area contributed by atoms with Crippen LogP contribution >= 0.6 is 0 Å². The zero-order chi connectivity index (χ0) is 22.7. The third-order valence-electron chi connectivity index (χ3n) is 5.89. The molecule has 2 heterocycles. The Morgan fingerprint density at radius 2 is 2.00 bits per heavy atom. The van der Waals surface area contributed by atoms with Crippen LogP contribution in [0.3, 0.4) is 0 Å². The Kier molecular flexibility index (Phi) is 5.97. The molecule has 1 saturated carbocycles. The fraction of sp³-hybridized carbons (Fsp3) is 0.476. The van der Waals surface area contributed by atoms with Gasteiger partial charge in [0.2, 0.25) is 11.9 Å². The number of hydrogen-bond donors (Lipinski definition) is 3. The van der Waals surface area contributed by atoms with Crippen LogP contribution in [0.5, 0.6) is 11.5 Å². The van der Waals surface area contributed by atoms with Crippen molar-refractivity contribution in [3.8, 4) is 22.9 Å². The number of benzene rings is 1. The second kappa shape index (κ2) is 8.85. The van der Waals surface area contributed by atoms with Gasteiger partial charge in [-0.2, -0.15) is 4.98 Å². The number of H-pyrrole nitrogens is 1. The van der Waals surface area contributed by atoms with Crippen molar-refractivity contribution >= 4 is 23.8 Å². The fourth-order valence-corrected chi connectivity index (χ4v) is 4.21. The second-order valence-corrected chi connectivity index (χ2v) is 7.90. The van der Waals surface area contributed by atoms with Gasteiger partial charge in [0.05, 0.1) is 19.8 Å². The zero-order valence-electron chi connectivity index (χ0n) is 18.1. The lowest BCUT2D eigenvalue weighted by atomic mass is 9.98. The van der Waals surface area contributed by atoms with Crippen molar-refractivity contribution in [3.05, 3.63) is 18.2 Å². The SMILES string of the molecule is COc1ccc(-c2nc(NC(=O)CCCN3C(=O)NC4(CCCC4)C3=O)n[nH]2)c(OC)c1. The molecule has 4 rings (SSSR count). The highest BCUT2D eigenvalue weighted by atomic mass is 16.5. The molecule has 2 fully saturated rings. The number of nitrogens with zero attached hydrogens (tertiary/aromatic N) is 3. The predicted octanol–water partition coefficient (Wildman–Crippen LogP) is 2.07. The highest BCUT2D eigenvalue weighted by Crippen LogP contribution is 2.35. The number of carbonyl (C=O) groups is 3. The number of methoxy groups -OCH3 is 2. The number of hydrogen-bond acceptors (Lipinski definition) is 7. The second-order valence-electron chi connectivity index (χ2n) is 7.90. The first-order valence-corrected chi connectivity index (χ1v) is 10.5. The Balaban J connectivity index is 1.31. The summed E-state index contributed by atoms with van der Waals surface area (Å²) < 4.78 is 10.6. The van der Waals surface area contributed by atoms with Gasteiger partial charge in [0, 0.05) is 19.0 Å². The Bertz CT molecular complexity index is 1030. The van der Waals surface area contributed by atoms with Gasteiger partial charge in [-0.25, -0.2) is 4.79 Å². The summed E-state index contributed by atoms with van der Waals surface area (Å²) in [5.74, 6) is 1.27. The van der Waals surface area contributed by atoms with Gasteiger partial charge in [0.25, 0.3) is 5.91 Å². The summed E-state index contributed by atoms with van der Waals surface area (Å²) in [5.41, 5.74) is -0.0577. The lowest BCUT2D eigenvalue weighted by Crippen LogP contribution is -2.44. The van der Waals surface area contributed by atoms with Crippen molar-refractivity contribution in [3.63, 3.8) is 0 Å². The summed E-state index contributed by atoms with van der Waals surface area (Å²) in [4.78, 5) is 42.6. The van der Waals surface area contributed by atoms with E-state index in [4.69, 9.17) is 9.47 Å². The molecule has 1 aromatic carbocycles. The van der Waals surface area contributed by atoms with Crippen LogP contribution in [0.15, 0.2) is 18.2 Å². The summed E-state index contributed by atoms with van der Waals surface area (Å²) in [6.45, 7) is 0.197. The summed E-state index contributed by atoms with van der Waals surface area (Å²) in [7, 11) is 3.10. The third kappa shape index (κ3) is 4.10. The quantitative estimate of drug-likeness (QED) is 0.532. The Morgan fingerprint density at radius 1 is 1.22 bits per heavy atom. The maximum absolute atomic E-state index is 12.6. The molecule has 170 valence electrons. The van der Waals surface area contributed by atoms with Crippen molar-refractivity contribution in [2.24, 2.45) is 0 Å². The molecular weight excluding hydrogens is 416 g/mol. The van der Waals surface area contributed by atoms with Gasteiger partial charge < -0.3 is 14.8 Å². The van der Waals surface area contributed by atoms with Crippen LogP contribution in [0.4, 0.5) is 10.7 Å². The Morgan fingerprint density at radius 3 is 2.72 bits per heavy atom. The molecule has 4 amide bonds. The molecule has 1 aliphatic heterocycles. The van der Waals surface area contributed by atoms with Gasteiger partial charge in [-0.15, -0.1) is 5.10 Å². The molecule has 1 aliphatic carbocycles. The Labute approximate surface area is 184 Å². The molecule has 0 radical (unpaired) electrons. The van der Waals surface area contributed by atoms with Crippen LogP contribution in [0, 0.1) is 0 Å².